The number of methoxy groups -OCH3 is 2. The molecule has 0 radical (unpaired) electrons. The normalized spacial score (nSPS) is 18.5. The molecule has 0 aromatic heterocycles. The van der Waals surface area contributed by atoms with Crippen LogP contribution in [0.5, 0.6) is 11.5 Å². The Bertz CT molecular complexity index is 447. The van der Waals surface area contributed by atoms with E-state index in [9.17, 15) is 0 Å². The highest BCUT2D eigenvalue weighted by Crippen LogP contribution is 2.34. The van der Waals surface area contributed by atoms with Gasteiger partial charge in [0.1, 0.15) is 0 Å². The summed E-state index contributed by atoms with van der Waals surface area (Å²) >= 11 is 0. The van der Waals surface area contributed by atoms with Crippen LogP contribution in [0.15, 0.2) is 18.2 Å². The van der Waals surface area contributed by atoms with E-state index < -0.39 is 0 Å². The number of ether oxygens (including phenoxy) is 2. The van der Waals surface area contributed by atoms with Crippen molar-refractivity contribution in [3.63, 3.8) is 0 Å². The third kappa shape index (κ3) is 3.85. The van der Waals surface area contributed by atoms with E-state index in [2.05, 4.69) is 22.4 Å². The van der Waals surface area contributed by atoms with Crippen LogP contribution in [-0.4, -0.2) is 63.9 Å². The number of nitrogens with one attached hydrogen (secondary N) is 1. The molecule has 3 N–H and O–H groups in total. The first-order valence-corrected chi connectivity index (χ1v) is 7.30. The standard InChI is InChI=1S/C15H26N4O2/c1-18-7-9-19(10-8-18)17-13(11-16)12-5-4-6-14(20-2)15(12)21-3/h4-6,13,17H,7-11,16H2,1-3H3. The summed E-state index contributed by atoms with van der Waals surface area (Å²) in [4.78, 5) is 2.32. The number of hydrazine groups is 1. The second kappa shape index (κ2) is 7.61. The van der Waals surface area contributed by atoms with Gasteiger partial charge < -0.3 is 20.1 Å². The van der Waals surface area contributed by atoms with E-state index in [0.29, 0.717) is 6.54 Å². The predicted molar refractivity (Wildman–Crippen MR) is 83.5 cm³/mol. The Labute approximate surface area is 126 Å². The average molecular weight is 294 g/mol. The molecule has 1 heterocycles. The summed E-state index contributed by atoms with van der Waals surface area (Å²) in [6, 6.07) is 5.90. The van der Waals surface area contributed by atoms with E-state index in [0.717, 1.165) is 43.2 Å². The Morgan fingerprint density at radius 3 is 2.48 bits per heavy atom. The van der Waals surface area contributed by atoms with E-state index >= 15 is 0 Å². The summed E-state index contributed by atoms with van der Waals surface area (Å²) in [6.45, 7) is 4.58. The summed E-state index contributed by atoms with van der Waals surface area (Å²) in [5.74, 6) is 1.48. The van der Waals surface area contributed by atoms with Crippen LogP contribution >= 0.6 is 0 Å². The lowest BCUT2D eigenvalue weighted by Crippen LogP contribution is -2.52. The highest BCUT2D eigenvalue weighted by molar-refractivity contribution is 5.48. The maximum Gasteiger partial charge on any atom is 0.165 e. The highest BCUT2D eigenvalue weighted by Gasteiger charge is 2.22. The number of para-hydroxylation sites is 1. The summed E-state index contributed by atoms with van der Waals surface area (Å²) in [6.07, 6.45) is 0. The molecule has 118 valence electrons. The number of rotatable bonds is 6. The molecule has 21 heavy (non-hydrogen) atoms. The van der Waals surface area contributed by atoms with Crippen LogP contribution in [0.1, 0.15) is 11.6 Å². The van der Waals surface area contributed by atoms with E-state index in [1.54, 1.807) is 14.2 Å². The fourth-order valence-corrected chi connectivity index (χ4v) is 2.59. The van der Waals surface area contributed by atoms with Gasteiger partial charge in [-0.25, -0.2) is 10.4 Å². The second-order valence-electron chi connectivity index (χ2n) is 5.29. The second-order valence-corrected chi connectivity index (χ2v) is 5.29. The zero-order valence-electron chi connectivity index (χ0n) is 13.1. The van der Waals surface area contributed by atoms with Crippen LogP contribution in [0.3, 0.4) is 0 Å². The number of benzene rings is 1. The lowest BCUT2D eigenvalue weighted by atomic mass is 10.1. The molecule has 1 fully saturated rings. The van der Waals surface area contributed by atoms with Crippen LogP contribution in [-0.2, 0) is 0 Å². The fraction of sp³-hybridized carbons (Fsp3) is 0.600. The lowest BCUT2D eigenvalue weighted by molar-refractivity contribution is 0.0874. The van der Waals surface area contributed by atoms with Crippen molar-refractivity contribution in [2.24, 2.45) is 5.73 Å². The van der Waals surface area contributed by atoms with Crippen molar-refractivity contribution in [3.8, 4) is 11.5 Å². The summed E-state index contributed by atoms with van der Waals surface area (Å²) in [5.41, 5.74) is 10.5. The van der Waals surface area contributed by atoms with Gasteiger partial charge in [-0.05, 0) is 13.1 Å². The average Bonchev–Trinajstić information content (AvgIpc) is 2.53. The fourth-order valence-electron chi connectivity index (χ4n) is 2.59. The Morgan fingerprint density at radius 1 is 1.19 bits per heavy atom. The number of hydrogen-bond acceptors (Lipinski definition) is 6. The highest BCUT2D eigenvalue weighted by atomic mass is 16.5. The van der Waals surface area contributed by atoms with E-state index in [1.807, 2.05) is 18.2 Å². The number of piperazine rings is 1. The first kappa shape index (κ1) is 16.0. The van der Waals surface area contributed by atoms with Gasteiger partial charge in [0, 0.05) is 38.3 Å². The number of likely N-dealkylation sites (N-methyl/N-ethyl adjacent to an activating group) is 1. The minimum atomic E-state index is 0.0125. The van der Waals surface area contributed by atoms with Gasteiger partial charge in [0.25, 0.3) is 0 Å². The number of hydrogen-bond donors (Lipinski definition) is 2. The van der Waals surface area contributed by atoms with Crippen molar-refractivity contribution in [2.45, 2.75) is 6.04 Å². The Balaban J connectivity index is 2.13. The number of nitrogens with zero attached hydrogens (tertiary/aromatic N) is 2. The number of nitrogens with two attached hydrogens (primary N) is 1. The summed E-state index contributed by atoms with van der Waals surface area (Å²) < 4.78 is 10.9. The molecule has 0 bridgehead atoms. The third-order valence-electron chi connectivity index (χ3n) is 3.89. The largest absolute Gasteiger partial charge is 0.493 e. The zero-order chi connectivity index (χ0) is 15.2. The molecule has 6 heteroatoms. The van der Waals surface area contributed by atoms with Crippen molar-refractivity contribution >= 4 is 0 Å². The van der Waals surface area contributed by atoms with Gasteiger partial charge in [-0.15, -0.1) is 0 Å². The molecule has 1 saturated heterocycles. The van der Waals surface area contributed by atoms with E-state index in [-0.39, 0.29) is 6.04 Å². The molecule has 1 aliphatic heterocycles. The minimum Gasteiger partial charge on any atom is -0.493 e. The van der Waals surface area contributed by atoms with Crippen LogP contribution in [0, 0.1) is 0 Å². The van der Waals surface area contributed by atoms with Crippen LogP contribution < -0.4 is 20.6 Å². The predicted octanol–water partition coefficient (Wildman–Crippen LogP) is 0.456. The van der Waals surface area contributed by atoms with Crippen LogP contribution in [0.2, 0.25) is 0 Å². The molecule has 1 aromatic rings. The topological polar surface area (TPSA) is 63.0 Å². The molecule has 2 rings (SSSR count). The van der Waals surface area contributed by atoms with Gasteiger partial charge in [-0.1, -0.05) is 12.1 Å². The Morgan fingerprint density at radius 2 is 1.90 bits per heavy atom. The lowest BCUT2D eigenvalue weighted by Gasteiger charge is -2.35. The minimum absolute atomic E-state index is 0.0125. The van der Waals surface area contributed by atoms with E-state index in [4.69, 9.17) is 15.2 Å². The molecule has 6 nitrogen and oxygen atoms in total. The van der Waals surface area contributed by atoms with Gasteiger partial charge in [-0.3, -0.25) is 0 Å². The molecular weight excluding hydrogens is 268 g/mol. The molecule has 0 amide bonds. The van der Waals surface area contributed by atoms with Crippen molar-refractivity contribution in [1.82, 2.24) is 15.3 Å². The maximum atomic E-state index is 5.97. The van der Waals surface area contributed by atoms with Gasteiger partial charge in [-0.2, -0.15) is 0 Å². The zero-order valence-corrected chi connectivity index (χ0v) is 13.1. The van der Waals surface area contributed by atoms with Crippen molar-refractivity contribution in [3.05, 3.63) is 23.8 Å². The monoisotopic (exact) mass is 294 g/mol. The van der Waals surface area contributed by atoms with Gasteiger partial charge >= 0.3 is 0 Å². The smallest absolute Gasteiger partial charge is 0.165 e. The van der Waals surface area contributed by atoms with Crippen molar-refractivity contribution in [2.75, 3.05) is 54.0 Å². The molecular formula is C15H26N4O2. The maximum absolute atomic E-state index is 5.97. The molecule has 1 unspecified atom stereocenters. The van der Waals surface area contributed by atoms with Gasteiger partial charge in [0.2, 0.25) is 0 Å². The molecule has 1 aromatic carbocycles. The Kier molecular flexibility index (Phi) is 5.81. The summed E-state index contributed by atoms with van der Waals surface area (Å²) in [5, 5.41) is 2.23. The molecule has 0 spiro atoms. The van der Waals surface area contributed by atoms with Crippen molar-refractivity contribution < 1.29 is 9.47 Å². The quantitative estimate of drug-likeness (QED) is 0.794. The van der Waals surface area contributed by atoms with Gasteiger partial charge in [0.05, 0.1) is 20.3 Å². The first-order chi connectivity index (χ1) is 10.2. The Hall–Kier alpha value is -1.34. The molecule has 1 aliphatic rings. The van der Waals surface area contributed by atoms with Crippen molar-refractivity contribution in [1.29, 1.82) is 0 Å². The third-order valence-corrected chi connectivity index (χ3v) is 3.89. The van der Waals surface area contributed by atoms with E-state index in [1.165, 1.54) is 0 Å². The summed E-state index contributed by atoms with van der Waals surface area (Å²) in [7, 11) is 5.45. The molecule has 0 saturated carbocycles. The van der Waals surface area contributed by atoms with Gasteiger partial charge in [0.15, 0.2) is 11.5 Å². The van der Waals surface area contributed by atoms with Crippen LogP contribution in [0.4, 0.5) is 0 Å². The van der Waals surface area contributed by atoms with Crippen LogP contribution in [0.25, 0.3) is 0 Å². The molecule has 1 atom stereocenters. The molecule has 0 aliphatic carbocycles. The first-order valence-electron chi connectivity index (χ1n) is 7.30. The SMILES string of the molecule is COc1cccc(C(CN)NN2CCN(C)CC2)c1OC.